The normalized spacial score (nSPS) is 11.1. The maximum atomic E-state index is 12.7. The van der Waals surface area contributed by atoms with Crippen molar-refractivity contribution < 1.29 is 23.5 Å². The van der Waals surface area contributed by atoms with Gasteiger partial charge in [0.05, 0.1) is 45.4 Å². The molecule has 0 atom stereocenters. The minimum atomic E-state index is -0.627. The van der Waals surface area contributed by atoms with Gasteiger partial charge in [-0.25, -0.2) is 9.78 Å². The number of nitrogens with one attached hydrogen (secondary N) is 1. The lowest BCUT2D eigenvalue weighted by Gasteiger charge is -2.14. The van der Waals surface area contributed by atoms with E-state index >= 15 is 0 Å². The van der Waals surface area contributed by atoms with Gasteiger partial charge in [-0.1, -0.05) is 0 Å². The van der Waals surface area contributed by atoms with Gasteiger partial charge in [0, 0.05) is 5.56 Å². The molecule has 148 valence electrons. The zero-order valence-electron chi connectivity index (χ0n) is 15.6. The molecule has 28 heavy (non-hydrogen) atoms. The fraction of sp³-hybridized carbons (Fsp3) is 0.333. The van der Waals surface area contributed by atoms with Gasteiger partial charge >= 0.3 is 11.9 Å². The third kappa shape index (κ3) is 4.12. The number of methoxy groups -OCH3 is 2. The fourth-order valence-corrected chi connectivity index (χ4v) is 3.94. The van der Waals surface area contributed by atoms with Gasteiger partial charge in [0.25, 0.3) is 5.56 Å². The van der Waals surface area contributed by atoms with Crippen molar-refractivity contribution in [1.82, 2.24) is 14.9 Å². The molecule has 0 aliphatic heterocycles. The van der Waals surface area contributed by atoms with Crippen molar-refractivity contribution in [2.24, 2.45) is 0 Å². The molecule has 0 fully saturated rings. The van der Waals surface area contributed by atoms with Crippen LogP contribution in [0.25, 0.3) is 10.2 Å². The minimum absolute atomic E-state index is 0.169. The first kappa shape index (κ1) is 19.8. The van der Waals surface area contributed by atoms with Crippen molar-refractivity contribution in [3.63, 3.8) is 0 Å². The van der Waals surface area contributed by atoms with Crippen LogP contribution in [0.15, 0.2) is 27.6 Å². The highest BCUT2D eigenvalue weighted by molar-refractivity contribution is 7.20. The molecule has 3 aromatic rings. The van der Waals surface area contributed by atoms with E-state index in [0.29, 0.717) is 23.7 Å². The average molecular weight is 405 g/mol. The zero-order chi connectivity index (χ0) is 20.3. The monoisotopic (exact) mass is 405 g/mol. The summed E-state index contributed by atoms with van der Waals surface area (Å²) in [5.74, 6) is 0.0357. The van der Waals surface area contributed by atoms with Crippen molar-refractivity contribution >= 4 is 33.5 Å². The maximum absolute atomic E-state index is 12.7. The highest BCUT2D eigenvalue weighted by Crippen LogP contribution is 2.29. The van der Waals surface area contributed by atoms with Crippen LogP contribution < -0.4 is 5.56 Å². The molecule has 0 amide bonds. The number of rotatable bonds is 7. The molecule has 0 aliphatic rings. The number of ether oxygens (including phenoxy) is 2. The van der Waals surface area contributed by atoms with Gasteiger partial charge in [0.2, 0.25) is 0 Å². The largest absolute Gasteiger partial charge is 0.469 e. The van der Waals surface area contributed by atoms with Crippen LogP contribution in [-0.4, -0.2) is 48.1 Å². The van der Waals surface area contributed by atoms with Gasteiger partial charge < -0.3 is 18.9 Å². The fourth-order valence-electron chi connectivity index (χ4n) is 2.81. The Labute approximate surface area is 163 Å². The van der Waals surface area contributed by atoms with E-state index in [2.05, 4.69) is 14.7 Å². The van der Waals surface area contributed by atoms with Crippen LogP contribution in [0.1, 0.15) is 26.8 Å². The molecule has 3 heterocycles. The molecule has 0 aliphatic carbocycles. The predicted molar refractivity (Wildman–Crippen MR) is 101 cm³/mol. The molecular formula is C18H19N3O6S. The van der Waals surface area contributed by atoms with Crippen LogP contribution in [0.4, 0.5) is 0 Å². The molecule has 0 saturated carbocycles. The number of thiophene rings is 1. The number of hydrogen-bond donors (Lipinski definition) is 1. The second-order valence-corrected chi connectivity index (χ2v) is 7.10. The molecule has 1 N–H and O–H groups in total. The molecule has 0 saturated heterocycles. The first-order valence-corrected chi connectivity index (χ1v) is 9.15. The molecule has 0 unspecified atom stereocenters. The van der Waals surface area contributed by atoms with Crippen molar-refractivity contribution in [3.8, 4) is 0 Å². The van der Waals surface area contributed by atoms with Crippen LogP contribution in [-0.2, 0) is 33.8 Å². The second-order valence-electron chi connectivity index (χ2n) is 6.10. The summed E-state index contributed by atoms with van der Waals surface area (Å²) in [6, 6.07) is 3.66. The Morgan fingerprint density at radius 2 is 2.07 bits per heavy atom. The first-order chi connectivity index (χ1) is 13.4. The van der Waals surface area contributed by atoms with Crippen LogP contribution in [0.2, 0.25) is 0 Å². The third-order valence-electron chi connectivity index (χ3n) is 4.05. The number of H-pyrrole nitrogens is 1. The summed E-state index contributed by atoms with van der Waals surface area (Å²) in [6.45, 7) is 0.907. The Hall–Kier alpha value is -2.98. The number of carbonyl (C=O) groups is 2. The summed E-state index contributed by atoms with van der Waals surface area (Å²) in [6.07, 6.45) is 1.38. The van der Waals surface area contributed by atoms with Crippen molar-refractivity contribution in [2.75, 3.05) is 21.3 Å². The van der Waals surface area contributed by atoms with Crippen LogP contribution >= 0.6 is 11.3 Å². The number of fused-ring (bicyclic) bond motifs is 1. The van der Waals surface area contributed by atoms with Gasteiger partial charge in [-0.2, -0.15) is 0 Å². The summed E-state index contributed by atoms with van der Waals surface area (Å²) in [4.78, 5) is 46.2. The Morgan fingerprint density at radius 1 is 1.29 bits per heavy atom. The third-order valence-corrected chi connectivity index (χ3v) is 5.16. The van der Waals surface area contributed by atoms with Crippen LogP contribution in [0.5, 0.6) is 0 Å². The molecule has 0 spiro atoms. The molecule has 0 radical (unpaired) electrons. The Balaban J connectivity index is 1.97. The number of furan rings is 1. The second kappa shape index (κ2) is 8.36. The lowest BCUT2D eigenvalue weighted by Crippen LogP contribution is -2.22. The van der Waals surface area contributed by atoms with Gasteiger partial charge in [-0.15, -0.1) is 11.3 Å². The lowest BCUT2D eigenvalue weighted by atomic mass is 10.1. The summed E-state index contributed by atoms with van der Waals surface area (Å²) in [5.41, 5.74) is -0.153. The number of esters is 2. The average Bonchev–Trinajstić information content (AvgIpc) is 3.29. The molecule has 0 aromatic carbocycles. The van der Waals surface area contributed by atoms with E-state index < -0.39 is 17.5 Å². The van der Waals surface area contributed by atoms with Gasteiger partial charge in [0.15, 0.2) is 0 Å². The molecule has 9 nitrogen and oxygen atoms in total. The number of aromatic nitrogens is 2. The molecular weight excluding hydrogens is 386 g/mol. The Morgan fingerprint density at radius 3 is 2.71 bits per heavy atom. The standard InChI is InChI=1S/C18H19N3O6S/c1-21(8-10-5-4-6-27-10)9-12-19-16(23)14-11(7-13(22)25-2)15(18(24)26-3)28-17(14)20-12/h4-6H,7-9H2,1-3H3,(H,19,20,23). The van der Waals surface area contributed by atoms with E-state index in [9.17, 15) is 14.4 Å². The SMILES string of the molecule is COC(=O)Cc1c(C(=O)OC)sc2nc(CN(C)Cc3ccco3)[nH]c(=O)c12. The van der Waals surface area contributed by atoms with Crippen molar-refractivity contribution in [2.45, 2.75) is 19.5 Å². The highest BCUT2D eigenvalue weighted by atomic mass is 32.1. The van der Waals surface area contributed by atoms with E-state index in [4.69, 9.17) is 9.15 Å². The van der Waals surface area contributed by atoms with Crippen molar-refractivity contribution in [3.05, 3.63) is 50.8 Å². The quantitative estimate of drug-likeness (QED) is 0.591. The van der Waals surface area contributed by atoms with E-state index in [-0.39, 0.29) is 22.2 Å². The number of nitrogens with zero attached hydrogens (tertiary/aromatic N) is 2. The van der Waals surface area contributed by atoms with Gasteiger partial charge in [0.1, 0.15) is 21.3 Å². The predicted octanol–water partition coefficient (Wildman–Crippen LogP) is 1.71. The maximum Gasteiger partial charge on any atom is 0.348 e. The Bertz CT molecular complexity index is 1050. The Kier molecular flexibility index (Phi) is 5.90. The summed E-state index contributed by atoms with van der Waals surface area (Å²) < 4.78 is 14.8. The smallest absolute Gasteiger partial charge is 0.348 e. The van der Waals surface area contributed by atoms with Crippen LogP contribution in [0.3, 0.4) is 0 Å². The van der Waals surface area contributed by atoms with E-state index in [1.807, 2.05) is 18.0 Å². The van der Waals surface area contributed by atoms with E-state index in [1.165, 1.54) is 14.2 Å². The topological polar surface area (TPSA) is 115 Å². The number of carbonyl (C=O) groups excluding carboxylic acids is 2. The molecule has 3 rings (SSSR count). The number of aromatic amines is 1. The van der Waals surface area contributed by atoms with Crippen LogP contribution in [0, 0.1) is 0 Å². The molecule has 10 heteroatoms. The van der Waals surface area contributed by atoms with E-state index in [0.717, 1.165) is 17.1 Å². The lowest BCUT2D eigenvalue weighted by molar-refractivity contribution is -0.139. The minimum Gasteiger partial charge on any atom is -0.469 e. The van der Waals surface area contributed by atoms with E-state index in [1.54, 1.807) is 12.3 Å². The first-order valence-electron chi connectivity index (χ1n) is 8.33. The summed E-state index contributed by atoms with van der Waals surface area (Å²) in [7, 11) is 4.34. The number of hydrogen-bond acceptors (Lipinski definition) is 9. The van der Waals surface area contributed by atoms with Gasteiger partial charge in [-0.3, -0.25) is 14.5 Å². The highest BCUT2D eigenvalue weighted by Gasteiger charge is 2.24. The van der Waals surface area contributed by atoms with Crippen molar-refractivity contribution in [1.29, 1.82) is 0 Å². The summed E-state index contributed by atoms with van der Waals surface area (Å²) in [5, 5.41) is 0.202. The summed E-state index contributed by atoms with van der Waals surface area (Å²) >= 11 is 1.02. The molecule has 0 bridgehead atoms. The molecule has 3 aromatic heterocycles. The zero-order valence-corrected chi connectivity index (χ0v) is 16.4. The van der Waals surface area contributed by atoms with Gasteiger partial charge in [-0.05, 0) is 19.2 Å².